The predicted molar refractivity (Wildman–Crippen MR) is 66.7 cm³/mol. The third-order valence-electron chi connectivity index (χ3n) is 2.84. The summed E-state index contributed by atoms with van der Waals surface area (Å²) in [6, 6.07) is 7.68. The minimum Gasteiger partial charge on any atom is -0.491 e. The fourth-order valence-electron chi connectivity index (χ4n) is 1.81. The molecule has 1 aromatic carbocycles. The van der Waals surface area contributed by atoms with Gasteiger partial charge < -0.3 is 15.2 Å². The third-order valence-corrected chi connectivity index (χ3v) is 3.33. The number of benzene rings is 1. The maximum Gasteiger partial charge on any atom is 0.120 e. The van der Waals surface area contributed by atoms with Gasteiger partial charge in [-0.3, -0.25) is 0 Å². The van der Waals surface area contributed by atoms with Gasteiger partial charge >= 0.3 is 0 Å². The molecule has 1 aliphatic rings. The minimum absolute atomic E-state index is 0.366. The lowest BCUT2D eigenvalue weighted by Gasteiger charge is -2.32. The van der Waals surface area contributed by atoms with Gasteiger partial charge in [-0.15, -0.1) is 0 Å². The van der Waals surface area contributed by atoms with Gasteiger partial charge in [0.05, 0.1) is 0 Å². The Labute approximate surface area is 104 Å². The Morgan fingerprint density at radius 3 is 2.81 bits per heavy atom. The Bertz CT molecular complexity index is 351. The second kappa shape index (κ2) is 5.17. The van der Waals surface area contributed by atoms with Crippen LogP contribution in [0.2, 0.25) is 0 Å². The van der Waals surface area contributed by atoms with E-state index in [9.17, 15) is 5.11 Å². The molecule has 1 saturated heterocycles. The van der Waals surface area contributed by atoms with E-state index in [1.165, 1.54) is 0 Å². The summed E-state index contributed by atoms with van der Waals surface area (Å²) in [4.78, 5) is 0. The first-order chi connectivity index (χ1) is 7.68. The van der Waals surface area contributed by atoms with Crippen LogP contribution in [0.15, 0.2) is 28.7 Å². The molecule has 1 aromatic rings. The van der Waals surface area contributed by atoms with Crippen LogP contribution in [0, 0.1) is 0 Å². The molecule has 0 radical (unpaired) electrons. The van der Waals surface area contributed by atoms with Crippen LogP contribution in [0.25, 0.3) is 0 Å². The van der Waals surface area contributed by atoms with Crippen molar-refractivity contribution < 1.29 is 9.84 Å². The zero-order valence-corrected chi connectivity index (χ0v) is 10.7. The number of piperidine rings is 1. The molecule has 1 aliphatic heterocycles. The third kappa shape index (κ3) is 3.20. The van der Waals surface area contributed by atoms with E-state index in [1.807, 2.05) is 24.3 Å². The van der Waals surface area contributed by atoms with Crippen molar-refractivity contribution in [3.63, 3.8) is 0 Å². The van der Waals surface area contributed by atoms with E-state index in [4.69, 9.17) is 4.74 Å². The quantitative estimate of drug-likeness (QED) is 0.892. The number of hydrogen-bond acceptors (Lipinski definition) is 3. The van der Waals surface area contributed by atoms with E-state index in [2.05, 4.69) is 21.2 Å². The monoisotopic (exact) mass is 285 g/mol. The molecule has 0 saturated carbocycles. The van der Waals surface area contributed by atoms with Crippen molar-refractivity contribution in [1.82, 2.24) is 5.32 Å². The highest BCUT2D eigenvalue weighted by Gasteiger charge is 2.29. The van der Waals surface area contributed by atoms with E-state index in [-0.39, 0.29) is 0 Å². The Balaban J connectivity index is 1.91. The van der Waals surface area contributed by atoms with E-state index in [1.54, 1.807) is 0 Å². The minimum atomic E-state index is -0.673. The highest BCUT2D eigenvalue weighted by atomic mass is 79.9. The summed E-state index contributed by atoms with van der Waals surface area (Å²) >= 11 is 3.39. The summed E-state index contributed by atoms with van der Waals surface area (Å²) in [6.45, 7) is 2.09. The standard InChI is InChI=1S/C12H16BrNO2/c13-10-2-1-3-11(8-10)16-9-12(15)4-6-14-7-5-12/h1-3,8,14-15H,4-7,9H2. The molecule has 2 rings (SSSR count). The van der Waals surface area contributed by atoms with Crippen LogP contribution in [0.5, 0.6) is 5.75 Å². The van der Waals surface area contributed by atoms with Gasteiger partial charge in [-0.05, 0) is 44.1 Å². The van der Waals surface area contributed by atoms with E-state index in [0.29, 0.717) is 6.61 Å². The largest absolute Gasteiger partial charge is 0.491 e. The molecule has 4 heteroatoms. The smallest absolute Gasteiger partial charge is 0.120 e. The Morgan fingerprint density at radius 2 is 2.12 bits per heavy atom. The zero-order valence-electron chi connectivity index (χ0n) is 9.08. The van der Waals surface area contributed by atoms with Gasteiger partial charge in [0.15, 0.2) is 0 Å². The number of rotatable bonds is 3. The molecule has 2 N–H and O–H groups in total. The second-order valence-corrected chi connectivity index (χ2v) is 5.14. The molecule has 0 atom stereocenters. The van der Waals surface area contributed by atoms with Crippen molar-refractivity contribution in [2.75, 3.05) is 19.7 Å². The summed E-state index contributed by atoms with van der Waals surface area (Å²) in [6.07, 6.45) is 1.50. The van der Waals surface area contributed by atoms with Crippen molar-refractivity contribution in [2.45, 2.75) is 18.4 Å². The average molecular weight is 286 g/mol. The Morgan fingerprint density at radius 1 is 1.38 bits per heavy atom. The fourth-order valence-corrected chi connectivity index (χ4v) is 2.19. The molecule has 1 fully saturated rings. The molecular weight excluding hydrogens is 270 g/mol. The van der Waals surface area contributed by atoms with E-state index in [0.717, 1.165) is 36.2 Å². The van der Waals surface area contributed by atoms with Crippen LogP contribution in [-0.2, 0) is 0 Å². The first kappa shape index (κ1) is 11.9. The lowest BCUT2D eigenvalue weighted by atomic mass is 9.94. The zero-order chi connectivity index (χ0) is 11.4. The van der Waals surface area contributed by atoms with Crippen molar-refractivity contribution in [2.24, 2.45) is 0 Å². The number of aliphatic hydroxyl groups is 1. The van der Waals surface area contributed by atoms with Crippen molar-refractivity contribution >= 4 is 15.9 Å². The van der Waals surface area contributed by atoms with Crippen LogP contribution < -0.4 is 10.1 Å². The van der Waals surface area contributed by atoms with Crippen LogP contribution in [-0.4, -0.2) is 30.4 Å². The molecular formula is C12H16BrNO2. The topological polar surface area (TPSA) is 41.5 Å². The van der Waals surface area contributed by atoms with Gasteiger partial charge in [0.1, 0.15) is 18.0 Å². The molecule has 1 heterocycles. The normalized spacial score (nSPS) is 19.4. The van der Waals surface area contributed by atoms with Crippen molar-refractivity contribution in [1.29, 1.82) is 0 Å². The molecule has 0 aliphatic carbocycles. The van der Waals surface area contributed by atoms with Gasteiger partial charge in [0.25, 0.3) is 0 Å². The molecule has 0 bridgehead atoms. The van der Waals surface area contributed by atoms with Gasteiger partial charge in [-0.1, -0.05) is 22.0 Å². The van der Waals surface area contributed by atoms with Gasteiger partial charge in [-0.2, -0.15) is 0 Å². The van der Waals surface area contributed by atoms with Crippen molar-refractivity contribution in [3.8, 4) is 5.75 Å². The van der Waals surface area contributed by atoms with Gasteiger partial charge in [-0.25, -0.2) is 0 Å². The lowest BCUT2D eigenvalue weighted by molar-refractivity contribution is -0.0286. The van der Waals surface area contributed by atoms with E-state index >= 15 is 0 Å². The summed E-state index contributed by atoms with van der Waals surface area (Å²) in [5.41, 5.74) is -0.673. The maximum atomic E-state index is 10.2. The summed E-state index contributed by atoms with van der Waals surface area (Å²) in [7, 11) is 0. The Hall–Kier alpha value is -0.580. The average Bonchev–Trinajstić information content (AvgIpc) is 2.28. The van der Waals surface area contributed by atoms with Crippen LogP contribution in [0.3, 0.4) is 0 Å². The van der Waals surface area contributed by atoms with Crippen LogP contribution in [0.4, 0.5) is 0 Å². The first-order valence-electron chi connectivity index (χ1n) is 5.49. The van der Waals surface area contributed by atoms with Gasteiger partial charge in [0.2, 0.25) is 0 Å². The lowest BCUT2D eigenvalue weighted by Crippen LogP contribution is -2.45. The van der Waals surface area contributed by atoms with Crippen molar-refractivity contribution in [3.05, 3.63) is 28.7 Å². The molecule has 0 aromatic heterocycles. The number of hydrogen-bond donors (Lipinski definition) is 2. The highest BCUT2D eigenvalue weighted by molar-refractivity contribution is 9.10. The molecule has 88 valence electrons. The summed E-state index contributed by atoms with van der Waals surface area (Å²) < 4.78 is 6.61. The molecule has 0 spiro atoms. The summed E-state index contributed by atoms with van der Waals surface area (Å²) in [5.74, 6) is 0.793. The number of halogens is 1. The molecule has 3 nitrogen and oxygen atoms in total. The van der Waals surface area contributed by atoms with E-state index < -0.39 is 5.60 Å². The second-order valence-electron chi connectivity index (χ2n) is 4.22. The van der Waals surface area contributed by atoms with Crippen LogP contribution in [0.1, 0.15) is 12.8 Å². The SMILES string of the molecule is OC1(COc2cccc(Br)c2)CCNCC1. The fraction of sp³-hybridized carbons (Fsp3) is 0.500. The molecule has 0 unspecified atom stereocenters. The van der Waals surface area contributed by atoms with Crippen LogP contribution >= 0.6 is 15.9 Å². The molecule has 16 heavy (non-hydrogen) atoms. The Kier molecular flexibility index (Phi) is 3.84. The van der Waals surface area contributed by atoms with Gasteiger partial charge in [0, 0.05) is 4.47 Å². The number of nitrogens with one attached hydrogen (secondary N) is 1. The maximum absolute atomic E-state index is 10.2. The first-order valence-corrected chi connectivity index (χ1v) is 6.29. The number of ether oxygens (including phenoxy) is 1. The summed E-state index contributed by atoms with van der Waals surface area (Å²) in [5, 5.41) is 13.4. The highest BCUT2D eigenvalue weighted by Crippen LogP contribution is 2.22. The predicted octanol–water partition coefficient (Wildman–Crippen LogP) is 1.94. The molecule has 0 amide bonds.